The first kappa shape index (κ1) is 15.4. The molecule has 1 heterocycles. The van der Waals surface area contributed by atoms with Gasteiger partial charge in [0.25, 0.3) is 5.91 Å². The van der Waals surface area contributed by atoms with Crippen molar-refractivity contribution < 1.29 is 9.59 Å². The van der Waals surface area contributed by atoms with Crippen LogP contribution in [0.4, 0.5) is 5.95 Å². The summed E-state index contributed by atoms with van der Waals surface area (Å²) in [6.45, 7) is 2.03. The smallest absolute Gasteiger partial charge is 0.258 e. The molecule has 1 atom stereocenters. The fraction of sp³-hybridized carbons (Fsp3) is 0.200. The predicted molar refractivity (Wildman–Crippen MR) is 95.7 cm³/mol. The van der Waals surface area contributed by atoms with Gasteiger partial charge < -0.3 is 0 Å². The lowest BCUT2D eigenvalue weighted by molar-refractivity contribution is 0.0951. The highest BCUT2D eigenvalue weighted by Gasteiger charge is 2.24. The second-order valence-corrected chi connectivity index (χ2v) is 6.47. The number of ketones is 1. The zero-order chi connectivity index (χ0) is 17.4. The van der Waals surface area contributed by atoms with E-state index in [0.717, 1.165) is 17.2 Å². The highest BCUT2D eigenvalue weighted by atomic mass is 16.1. The Balaban J connectivity index is 1.65. The average Bonchev–Trinajstić information content (AvgIpc) is 2.60. The summed E-state index contributed by atoms with van der Waals surface area (Å²) in [6.07, 6.45) is 2.77. The molecule has 1 amide bonds. The van der Waals surface area contributed by atoms with Crippen LogP contribution in [0.1, 0.15) is 39.8 Å². The molecule has 2 aromatic carbocycles. The molecule has 1 aromatic heterocycles. The third kappa shape index (κ3) is 2.89. The van der Waals surface area contributed by atoms with Crippen LogP contribution >= 0.6 is 0 Å². The average molecular weight is 331 g/mol. The molecule has 1 N–H and O–H groups in total. The Bertz CT molecular complexity index is 992. The van der Waals surface area contributed by atoms with Gasteiger partial charge in [0.15, 0.2) is 5.78 Å². The number of benzene rings is 2. The Morgan fingerprint density at radius 2 is 1.92 bits per heavy atom. The van der Waals surface area contributed by atoms with Gasteiger partial charge in [-0.1, -0.05) is 43.3 Å². The summed E-state index contributed by atoms with van der Waals surface area (Å²) in [7, 11) is 0. The summed E-state index contributed by atoms with van der Waals surface area (Å²) < 4.78 is 0. The molecule has 0 saturated heterocycles. The summed E-state index contributed by atoms with van der Waals surface area (Å²) in [4.78, 5) is 33.2. The fourth-order valence-electron chi connectivity index (χ4n) is 3.29. The Kier molecular flexibility index (Phi) is 3.76. The maximum atomic E-state index is 12.7. The molecule has 5 nitrogen and oxygen atoms in total. The van der Waals surface area contributed by atoms with Crippen molar-refractivity contribution in [3.05, 3.63) is 65.5 Å². The van der Waals surface area contributed by atoms with Crippen LogP contribution in [-0.4, -0.2) is 21.7 Å². The molecule has 0 aliphatic heterocycles. The minimum atomic E-state index is -0.257. The molecular formula is C20H17N3O2. The van der Waals surface area contributed by atoms with E-state index in [1.54, 1.807) is 6.07 Å². The molecule has 5 heteroatoms. The third-order valence-electron chi connectivity index (χ3n) is 4.50. The Morgan fingerprint density at radius 1 is 1.12 bits per heavy atom. The summed E-state index contributed by atoms with van der Waals surface area (Å²) in [5.74, 6) is 0.308. The molecule has 1 unspecified atom stereocenters. The van der Waals surface area contributed by atoms with Crippen LogP contribution in [0.5, 0.6) is 0 Å². The molecule has 1 aliphatic rings. The van der Waals surface area contributed by atoms with Crippen molar-refractivity contribution in [2.45, 2.75) is 19.8 Å². The number of nitrogens with one attached hydrogen (secondary N) is 1. The first-order valence-electron chi connectivity index (χ1n) is 8.30. The number of carbonyl (C=O) groups is 2. The van der Waals surface area contributed by atoms with E-state index in [-0.39, 0.29) is 23.6 Å². The van der Waals surface area contributed by atoms with E-state index in [1.807, 2.05) is 43.3 Å². The number of aromatic nitrogens is 2. The lowest BCUT2D eigenvalue weighted by Gasteiger charge is -2.19. The highest BCUT2D eigenvalue weighted by molar-refractivity contribution is 6.12. The monoisotopic (exact) mass is 331 g/mol. The Hall–Kier alpha value is -3.08. The van der Waals surface area contributed by atoms with E-state index in [0.29, 0.717) is 23.2 Å². The lowest BCUT2D eigenvalue weighted by Crippen LogP contribution is -2.22. The topological polar surface area (TPSA) is 72.0 Å². The van der Waals surface area contributed by atoms with Crippen molar-refractivity contribution >= 4 is 28.4 Å². The van der Waals surface area contributed by atoms with Crippen molar-refractivity contribution in [1.29, 1.82) is 0 Å². The van der Waals surface area contributed by atoms with Crippen molar-refractivity contribution in [1.82, 2.24) is 9.97 Å². The Labute approximate surface area is 145 Å². The van der Waals surface area contributed by atoms with Crippen molar-refractivity contribution in [3.8, 4) is 0 Å². The maximum Gasteiger partial charge on any atom is 0.258 e. The number of rotatable bonds is 2. The van der Waals surface area contributed by atoms with Crippen LogP contribution in [0, 0.1) is 5.92 Å². The molecule has 1 aliphatic carbocycles. The molecule has 0 radical (unpaired) electrons. The summed E-state index contributed by atoms with van der Waals surface area (Å²) in [6, 6.07) is 13.3. The van der Waals surface area contributed by atoms with Gasteiger partial charge in [0.05, 0.1) is 11.3 Å². The molecule has 4 rings (SSSR count). The number of hydrogen-bond donors (Lipinski definition) is 1. The van der Waals surface area contributed by atoms with E-state index in [2.05, 4.69) is 15.3 Å². The fourth-order valence-corrected chi connectivity index (χ4v) is 3.29. The van der Waals surface area contributed by atoms with Gasteiger partial charge in [-0.3, -0.25) is 14.9 Å². The number of anilines is 1. The van der Waals surface area contributed by atoms with Gasteiger partial charge in [-0.05, 0) is 29.2 Å². The number of fused-ring (bicyclic) bond motifs is 2. The van der Waals surface area contributed by atoms with Gasteiger partial charge >= 0.3 is 0 Å². The van der Waals surface area contributed by atoms with E-state index < -0.39 is 0 Å². The van der Waals surface area contributed by atoms with Crippen LogP contribution in [0.25, 0.3) is 10.8 Å². The summed E-state index contributed by atoms with van der Waals surface area (Å²) >= 11 is 0. The zero-order valence-corrected chi connectivity index (χ0v) is 13.8. The van der Waals surface area contributed by atoms with Crippen LogP contribution in [0.15, 0.2) is 48.7 Å². The molecule has 0 fully saturated rings. The first-order chi connectivity index (χ1) is 12.1. The van der Waals surface area contributed by atoms with Crippen LogP contribution < -0.4 is 5.32 Å². The maximum absolute atomic E-state index is 12.7. The van der Waals surface area contributed by atoms with Gasteiger partial charge in [-0.2, -0.15) is 0 Å². The molecule has 124 valence electrons. The van der Waals surface area contributed by atoms with Crippen molar-refractivity contribution in [3.63, 3.8) is 0 Å². The summed E-state index contributed by atoms with van der Waals surface area (Å²) in [5.41, 5.74) is 1.86. The molecule has 3 aromatic rings. The van der Waals surface area contributed by atoms with Crippen molar-refractivity contribution in [2.24, 2.45) is 5.92 Å². The normalized spacial score (nSPS) is 16.5. The highest BCUT2D eigenvalue weighted by Crippen LogP contribution is 2.24. The van der Waals surface area contributed by atoms with E-state index in [9.17, 15) is 9.59 Å². The van der Waals surface area contributed by atoms with Gasteiger partial charge in [0.2, 0.25) is 5.95 Å². The molecule has 0 bridgehead atoms. The van der Waals surface area contributed by atoms with Gasteiger partial charge in [-0.25, -0.2) is 9.97 Å². The first-order valence-corrected chi connectivity index (χ1v) is 8.30. The molecule has 0 saturated carbocycles. The van der Waals surface area contributed by atoms with Gasteiger partial charge in [-0.15, -0.1) is 0 Å². The molecular weight excluding hydrogens is 314 g/mol. The van der Waals surface area contributed by atoms with Crippen molar-refractivity contribution in [2.75, 3.05) is 5.32 Å². The lowest BCUT2D eigenvalue weighted by atomic mass is 9.88. The number of carbonyl (C=O) groups excluding carboxylic acids is 2. The Morgan fingerprint density at radius 3 is 2.80 bits per heavy atom. The number of amides is 1. The minimum Gasteiger partial charge on any atom is -0.294 e. The second kappa shape index (κ2) is 6.09. The number of hydrogen-bond acceptors (Lipinski definition) is 4. The zero-order valence-electron chi connectivity index (χ0n) is 13.8. The quantitative estimate of drug-likeness (QED) is 0.778. The van der Waals surface area contributed by atoms with Gasteiger partial charge in [0.1, 0.15) is 0 Å². The standard InChI is InChI=1S/C20H17N3O2/c1-12-9-17-16(18(24)10-12)11-21-20(22-17)23-19(25)15-8-4-6-13-5-2-3-7-14(13)15/h2-8,11-12H,9-10H2,1H3,(H,21,22,23,25). The number of nitrogens with zero attached hydrogens (tertiary/aromatic N) is 2. The molecule has 0 spiro atoms. The largest absolute Gasteiger partial charge is 0.294 e. The van der Waals surface area contributed by atoms with Gasteiger partial charge in [0, 0.05) is 18.2 Å². The van der Waals surface area contributed by atoms with Crippen LogP contribution in [0.3, 0.4) is 0 Å². The number of Topliss-reactive ketones (excluding diaryl/α,β-unsaturated/α-hetero) is 1. The van der Waals surface area contributed by atoms with E-state index in [4.69, 9.17) is 0 Å². The predicted octanol–water partition coefficient (Wildman–Crippen LogP) is 3.65. The minimum absolute atomic E-state index is 0.0701. The second-order valence-electron chi connectivity index (χ2n) is 6.47. The van der Waals surface area contributed by atoms with Crippen LogP contribution in [-0.2, 0) is 6.42 Å². The van der Waals surface area contributed by atoms with E-state index >= 15 is 0 Å². The van der Waals surface area contributed by atoms with E-state index in [1.165, 1.54) is 6.20 Å². The SMILES string of the molecule is CC1CC(=O)c2cnc(NC(=O)c3cccc4ccccc34)nc2C1. The summed E-state index contributed by atoms with van der Waals surface area (Å²) in [5, 5.41) is 4.64. The third-order valence-corrected chi connectivity index (χ3v) is 4.50. The van der Waals surface area contributed by atoms with Crippen LogP contribution in [0.2, 0.25) is 0 Å². The molecule has 25 heavy (non-hydrogen) atoms.